The van der Waals surface area contributed by atoms with Crippen LogP contribution < -0.4 is 25.4 Å². The monoisotopic (exact) mass is 663 g/mol. The van der Waals surface area contributed by atoms with Crippen LogP contribution in [0.3, 0.4) is 0 Å². The summed E-state index contributed by atoms with van der Waals surface area (Å²) in [5.74, 6) is -0.144. The number of carbonyl (C=O) groups is 3. The molecule has 0 radical (unpaired) electrons. The largest absolute Gasteiger partial charge is 0.497 e. The van der Waals surface area contributed by atoms with Gasteiger partial charge in [0.15, 0.2) is 0 Å². The molecule has 0 aliphatic heterocycles. The zero-order valence-corrected chi connectivity index (χ0v) is 27.1. The van der Waals surface area contributed by atoms with Crippen molar-refractivity contribution in [3.05, 3.63) is 118 Å². The molecule has 0 fully saturated rings. The van der Waals surface area contributed by atoms with Gasteiger partial charge < -0.3 is 25.4 Å². The normalized spacial score (nSPS) is 11.7. The molecule has 0 spiro atoms. The molecule has 232 valence electrons. The second kappa shape index (κ2) is 16.0. The van der Waals surface area contributed by atoms with Crippen molar-refractivity contribution in [2.24, 2.45) is 0 Å². The lowest BCUT2D eigenvalue weighted by atomic mass is 10.1. The molecule has 4 rings (SSSR count). The molecule has 0 bridgehead atoms. The van der Waals surface area contributed by atoms with Crippen molar-refractivity contribution in [1.82, 2.24) is 5.32 Å². The molecule has 11 heteroatoms. The highest BCUT2D eigenvalue weighted by Crippen LogP contribution is 2.32. The SMILES string of the molecule is CCC(Sc1cccc(NC(=O)/C(=C\c2ccc(Cl)cc2Cl)NC(=O)c2ccccc2)c1)C(=O)Nc1cc(OC)ccc1OC. The van der Waals surface area contributed by atoms with Crippen molar-refractivity contribution in [3.8, 4) is 11.5 Å². The summed E-state index contributed by atoms with van der Waals surface area (Å²) in [7, 11) is 3.08. The van der Waals surface area contributed by atoms with E-state index in [9.17, 15) is 14.4 Å². The minimum absolute atomic E-state index is 0.0239. The molecule has 4 aromatic rings. The summed E-state index contributed by atoms with van der Waals surface area (Å²) in [6.45, 7) is 1.92. The van der Waals surface area contributed by atoms with Crippen LogP contribution in [0.15, 0.2) is 102 Å². The molecular formula is C34H31Cl2N3O5S. The van der Waals surface area contributed by atoms with Crippen LogP contribution in [0, 0.1) is 0 Å². The van der Waals surface area contributed by atoms with Crippen molar-refractivity contribution >= 4 is 70.1 Å². The van der Waals surface area contributed by atoms with Crippen molar-refractivity contribution in [2.45, 2.75) is 23.5 Å². The zero-order valence-electron chi connectivity index (χ0n) is 24.7. The van der Waals surface area contributed by atoms with E-state index >= 15 is 0 Å². The Kier molecular flexibility index (Phi) is 11.9. The lowest BCUT2D eigenvalue weighted by Gasteiger charge is -2.17. The van der Waals surface area contributed by atoms with Gasteiger partial charge in [0.1, 0.15) is 17.2 Å². The van der Waals surface area contributed by atoms with Gasteiger partial charge in [-0.25, -0.2) is 0 Å². The van der Waals surface area contributed by atoms with E-state index in [1.165, 1.54) is 24.9 Å². The smallest absolute Gasteiger partial charge is 0.272 e. The molecule has 45 heavy (non-hydrogen) atoms. The van der Waals surface area contributed by atoms with Gasteiger partial charge in [-0.15, -0.1) is 11.8 Å². The first-order chi connectivity index (χ1) is 21.7. The fourth-order valence-electron chi connectivity index (χ4n) is 4.17. The number of thioether (sulfide) groups is 1. The van der Waals surface area contributed by atoms with Gasteiger partial charge in [-0.05, 0) is 72.7 Å². The summed E-state index contributed by atoms with van der Waals surface area (Å²) in [6.07, 6.45) is 2.03. The highest BCUT2D eigenvalue weighted by Gasteiger charge is 2.21. The van der Waals surface area contributed by atoms with Crippen molar-refractivity contribution in [2.75, 3.05) is 24.9 Å². The number of anilines is 2. The number of benzene rings is 4. The second-order valence-corrected chi connectivity index (χ2v) is 11.7. The Morgan fingerprint density at radius 3 is 2.33 bits per heavy atom. The molecule has 0 heterocycles. The van der Waals surface area contributed by atoms with Crippen molar-refractivity contribution < 1.29 is 23.9 Å². The van der Waals surface area contributed by atoms with E-state index in [4.69, 9.17) is 32.7 Å². The van der Waals surface area contributed by atoms with Crippen LogP contribution in [-0.2, 0) is 9.59 Å². The maximum atomic E-state index is 13.5. The van der Waals surface area contributed by atoms with Gasteiger partial charge in [0.25, 0.3) is 11.8 Å². The molecule has 0 aliphatic carbocycles. The molecule has 0 saturated heterocycles. The fourth-order valence-corrected chi connectivity index (χ4v) is 5.65. The van der Waals surface area contributed by atoms with E-state index in [1.807, 2.05) is 13.0 Å². The molecule has 4 aromatic carbocycles. The predicted molar refractivity (Wildman–Crippen MR) is 182 cm³/mol. The first-order valence-electron chi connectivity index (χ1n) is 13.8. The average molecular weight is 665 g/mol. The minimum Gasteiger partial charge on any atom is -0.497 e. The summed E-state index contributed by atoms with van der Waals surface area (Å²) in [5, 5.41) is 8.78. The van der Waals surface area contributed by atoms with E-state index in [0.29, 0.717) is 50.5 Å². The lowest BCUT2D eigenvalue weighted by Crippen LogP contribution is -2.30. The molecular weight excluding hydrogens is 633 g/mol. The quantitative estimate of drug-likeness (QED) is 0.105. The third-order valence-corrected chi connectivity index (χ3v) is 8.41. The van der Waals surface area contributed by atoms with Crippen LogP contribution in [0.25, 0.3) is 6.08 Å². The van der Waals surface area contributed by atoms with Crippen LogP contribution in [0.2, 0.25) is 10.0 Å². The third kappa shape index (κ3) is 9.28. The van der Waals surface area contributed by atoms with Gasteiger partial charge in [-0.1, -0.05) is 60.5 Å². The molecule has 0 aromatic heterocycles. The number of methoxy groups -OCH3 is 2. The predicted octanol–water partition coefficient (Wildman–Crippen LogP) is 7.93. The van der Waals surface area contributed by atoms with Gasteiger partial charge in [-0.2, -0.15) is 0 Å². The molecule has 3 amide bonds. The highest BCUT2D eigenvalue weighted by atomic mass is 35.5. The summed E-state index contributed by atoms with van der Waals surface area (Å²) in [4.78, 5) is 40.5. The Hall–Kier alpha value is -4.44. The summed E-state index contributed by atoms with van der Waals surface area (Å²) >= 11 is 13.8. The topological polar surface area (TPSA) is 106 Å². The van der Waals surface area contributed by atoms with E-state index < -0.39 is 17.1 Å². The number of rotatable bonds is 12. The molecule has 8 nitrogen and oxygen atoms in total. The number of ether oxygens (including phenoxy) is 2. The Balaban J connectivity index is 1.52. The maximum Gasteiger partial charge on any atom is 0.272 e. The number of halogens is 2. The van der Waals surface area contributed by atoms with Crippen molar-refractivity contribution in [3.63, 3.8) is 0 Å². The third-order valence-electron chi connectivity index (χ3n) is 6.49. The van der Waals surface area contributed by atoms with E-state index in [1.54, 1.807) is 92.0 Å². The fraction of sp³-hybridized carbons (Fsp3) is 0.147. The van der Waals surface area contributed by atoms with Gasteiger partial charge in [0, 0.05) is 32.3 Å². The van der Waals surface area contributed by atoms with Crippen molar-refractivity contribution in [1.29, 1.82) is 0 Å². The standard InChI is InChI=1S/C34H31Cl2N3O5S/c1-4-31(34(42)38-28-20-25(43-2)15-16-30(28)44-3)45-26-12-8-11-24(19-26)37-33(41)29(17-22-13-14-23(35)18-27(22)36)39-32(40)21-9-6-5-7-10-21/h5-20,31H,4H2,1-3H3,(H,37,41)(H,38,42)(H,39,40)/b29-17+. The number of hydrogen-bond donors (Lipinski definition) is 3. The molecule has 3 N–H and O–H groups in total. The van der Waals surface area contributed by atoms with E-state index in [0.717, 1.165) is 4.90 Å². The zero-order chi connectivity index (χ0) is 32.3. The second-order valence-electron chi connectivity index (χ2n) is 9.60. The molecule has 1 atom stereocenters. The van der Waals surface area contributed by atoms with E-state index in [2.05, 4.69) is 16.0 Å². The lowest BCUT2D eigenvalue weighted by molar-refractivity contribution is -0.116. The Bertz CT molecular complexity index is 1720. The number of hydrogen-bond acceptors (Lipinski definition) is 6. The Morgan fingerprint density at radius 1 is 0.867 bits per heavy atom. The summed E-state index contributed by atoms with van der Waals surface area (Å²) < 4.78 is 10.7. The van der Waals surface area contributed by atoms with Crippen LogP contribution in [0.5, 0.6) is 11.5 Å². The number of nitrogens with one attached hydrogen (secondary N) is 3. The molecule has 1 unspecified atom stereocenters. The first-order valence-corrected chi connectivity index (χ1v) is 15.5. The van der Waals surface area contributed by atoms with Gasteiger partial charge in [0.2, 0.25) is 5.91 Å². The Morgan fingerprint density at radius 2 is 1.64 bits per heavy atom. The summed E-state index contributed by atoms with van der Waals surface area (Å²) in [6, 6.07) is 25.7. The molecule has 0 saturated carbocycles. The highest BCUT2D eigenvalue weighted by molar-refractivity contribution is 8.00. The number of amides is 3. The van der Waals surface area contributed by atoms with Gasteiger partial charge in [-0.3, -0.25) is 14.4 Å². The van der Waals surface area contributed by atoms with Gasteiger partial charge in [0.05, 0.1) is 25.2 Å². The Labute approximate surface area is 276 Å². The van der Waals surface area contributed by atoms with Crippen LogP contribution >= 0.6 is 35.0 Å². The number of carbonyl (C=O) groups excluding carboxylic acids is 3. The average Bonchev–Trinajstić information content (AvgIpc) is 3.04. The first kappa shape index (κ1) is 33.5. The van der Waals surface area contributed by atoms with Crippen LogP contribution in [0.1, 0.15) is 29.3 Å². The minimum atomic E-state index is -0.567. The van der Waals surface area contributed by atoms with Crippen LogP contribution in [0.4, 0.5) is 11.4 Å². The van der Waals surface area contributed by atoms with E-state index in [-0.39, 0.29) is 11.6 Å². The van der Waals surface area contributed by atoms with Gasteiger partial charge >= 0.3 is 0 Å². The maximum absolute atomic E-state index is 13.5. The molecule has 0 aliphatic rings. The summed E-state index contributed by atoms with van der Waals surface area (Å²) in [5.41, 5.74) is 1.82. The van der Waals surface area contributed by atoms with Crippen LogP contribution in [-0.4, -0.2) is 37.2 Å².